The smallest absolute Gasteiger partial charge is 0.248 e. The van der Waals surface area contributed by atoms with Gasteiger partial charge in [-0.2, -0.15) is 0 Å². The third-order valence-corrected chi connectivity index (χ3v) is 3.31. The third kappa shape index (κ3) is 4.23. The van der Waals surface area contributed by atoms with Gasteiger partial charge >= 0.3 is 0 Å². The van der Waals surface area contributed by atoms with Gasteiger partial charge in [0.2, 0.25) is 11.8 Å². The number of nitrogens with one attached hydrogen (secondary N) is 2. The molecule has 120 valence electrons. The van der Waals surface area contributed by atoms with E-state index in [2.05, 4.69) is 10.6 Å². The highest BCUT2D eigenvalue weighted by molar-refractivity contribution is 5.97. The minimum atomic E-state index is -0.505. The minimum Gasteiger partial charge on any atom is -0.495 e. The maximum atomic E-state index is 12.2. The fourth-order valence-corrected chi connectivity index (χ4v) is 2.03. The van der Waals surface area contributed by atoms with Crippen molar-refractivity contribution in [2.24, 2.45) is 5.73 Å². The van der Waals surface area contributed by atoms with Crippen LogP contribution >= 0.6 is 0 Å². The molecule has 2 aromatic carbocycles. The van der Waals surface area contributed by atoms with Crippen molar-refractivity contribution in [3.05, 3.63) is 54.1 Å². The first-order valence-electron chi connectivity index (χ1n) is 7.11. The molecule has 6 nitrogen and oxygen atoms in total. The third-order valence-electron chi connectivity index (χ3n) is 3.31. The number of hydrogen-bond acceptors (Lipinski definition) is 4. The molecule has 2 amide bonds. The monoisotopic (exact) mass is 313 g/mol. The van der Waals surface area contributed by atoms with Crippen LogP contribution < -0.4 is 21.1 Å². The zero-order valence-electron chi connectivity index (χ0n) is 13.0. The molecule has 0 bridgehead atoms. The number of rotatable bonds is 6. The van der Waals surface area contributed by atoms with Gasteiger partial charge in [0.05, 0.1) is 12.8 Å². The summed E-state index contributed by atoms with van der Waals surface area (Å²) in [5.74, 6) is -0.0465. The van der Waals surface area contributed by atoms with Crippen LogP contribution in [0.5, 0.6) is 5.75 Å². The number of anilines is 2. The molecular formula is C17H19N3O3. The van der Waals surface area contributed by atoms with E-state index < -0.39 is 11.9 Å². The average Bonchev–Trinajstić information content (AvgIpc) is 2.55. The molecule has 1 atom stereocenters. The summed E-state index contributed by atoms with van der Waals surface area (Å²) < 4.78 is 5.24. The van der Waals surface area contributed by atoms with E-state index in [1.807, 2.05) is 24.3 Å². The van der Waals surface area contributed by atoms with E-state index in [1.54, 1.807) is 38.3 Å². The Balaban J connectivity index is 2.01. The topological polar surface area (TPSA) is 93.4 Å². The van der Waals surface area contributed by atoms with Crippen LogP contribution in [0.15, 0.2) is 48.5 Å². The first kappa shape index (κ1) is 16.4. The second-order valence-electron chi connectivity index (χ2n) is 5.00. The number of methoxy groups -OCH3 is 1. The van der Waals surface area contributed by atoms with Crippen molar-refractivity contribution < 1.29 is 14.3 Å². The van der Waals surface area contributed by atoms with Gasteiger partial charge < -0.3 is 21.1 Å². The largest absolute Gasteiger partial charge is 0.495 e. The first-order valence-corrected chi connectivity index (χ1v) is 7.11. The Morgan fingerprint density at radius 3 is 2.35 bits per heavy atom. The number of ether oxygens (including phenoxy) is 1. The molecule has 0 fully saturated rings. The zero-order valence-corrected chi connectivity index (χ0v) is 13.0. The van der Waals surface area contributed by atoms with Gasteiger partial charge in [-0.1, -0.05) is 12.1 Å². The van der Waals surface area contributed by atoms with Gasteiger partial charge in [-0.15, -0.1) is 0 Å². The zero-order chi connectivity index (χ0) is 16.8. The predicted octanol–water partition coefficient (Wildman–Crippen LogP) is 2.23. The Bertz CT molecular complexity index is 698. The van der Waals surface area contributed by atoms with Crippen LogP contribution in [0, 0.1) is 0 Å². The highest BCUT2D eigenvalue weighted by atomic mass is 16.5. The predicted molar refractivity (Wildman–Crippen MR) is 89.7 cm³/mol. The number of carbonyl (C=O) groups excluding carboxylic acids is 2. The van der Waals surface area contributed by atoms with Crippen LogP contribution in [0.1, 0.15) is 17.3 Å². The SMILES string of the molecule is COc1ccccc1N[C@H](C)C(=O)Nc1ccc(C(N)=O)cc1. The lowest BCUT2D eigenvalue weighted by Gasteiger charge is -2.17. The molecule has 0 aliphatic heterocycles. The highest BCUT2D eigenvalue weighted by Crippen LogP contribution is 2.24. The number of amides is 2. The molecular weight excluding hydrogens is 294 g/mol. The van der Waals surface area contributed by atoms with Crippen molar-refractivity contribution in [3.8, 4) is 5.75 Å². The van der Waals surface area contributed by atoms with Gasteiger partial charge in [-0.05, 0) is 43.3 Å². The van der Waals surface area contributed by atoms with E-state index in [0.717, 1.165) is 5.69 Å². The molecule has 0 saturated heterocycles. The van der Waals surface area contributed by atoms with Crippen molar-refractivity contribution in [3.63, 3.8) is 0 Å². The average molecular weight is 313 g/mol. The lowest BCUT2D eigenvalue weighted by Crippen LogP contribution is -2.32. The van der Waals surface area contributed by atoms with Crippen molar-refractivity contribution >= 4 is 23.2 Å². The fourth-order valence-electron chi connectivity index (χ4n) is 2.03. The lowest BCUT2D eigenvalue weighted by atomic mass is 10.2. The van der Waals surface area contributed by atoms with E-state index in [9.17, 15) is 9.59 Å². The molecule has 2 aromatic rings. The molecule has 0 aromatic heterocycles. The maximum absolute atomic E-state index is 12.2. The van der Waals surface area contributed by atoms with Crippen molar-refractivity contribution in [1.82, 2.24) is 0 Å². The Hall–Kier alpha value is -3.02. The highest BCUT2D eigenvalue weighted by Gasteiger charge is 2.14. The molecule has 0 heterocycles. The summed E-state index contributed by atoms with van der Waals surface area (Å²) >= 11 is 0. The minimum absolute atomic E-state index is 0.206. The Labute approximate surface area is 134 Å². The maximum Gasteiger partial charge on any atom is 0.248 e. The van der Waals surface area contributed by atoms with Crippen molar-refractivity contribution in [1.29, 1.82) is 0 Å². The van der Waals surface area contributed by atoms with Crippen LogP contribution in [0.4, 0.5) is 11.4 Å². The van der Waals surface area contributed by atoms with Crippen molar-refractivity contribution in [2.45, 2.75) is 13.0 Å². The number of para-hydroxylation sites is 2. The normalized spacial score (nSPS) is 11.4. The summed E-state index contributed by atoms with van der Waals surface area (Å²) in [6.07, 6.45) is 0. The van der Waals surface area contributed by atoms with Gasteiger partial charge in [0.25, 0.3) is 0 Å². The molecule has 0 saturated carbocycles. The van der Waals surface area contributed by atoms with Crippen LogP contribution in [0.25, 0.3) is 0 Å². The Kier molecular flexibility index (Phi) is 5.19. The number of hydrogen-bond donors (Lipinski definition) is 3. The molecule has 0 spiro atoms. The van der Waals surface area contributed by atoms with Crippen LogP contribution in [0.3, 0.4) is 0 Å². The second kappa shape index (κ2) is 7.31. The summed E-state index contributed by atoms with van der Waals surface area (Å²) in [5, 5.41) is 5.87. The summed E-state index contributed by atoms with van der Waals surface area (Å²) in [4.78, 5) is 23.2. The van der Waals surface area contributed by atoms with Crippen LogP contribution in [-0.4, -0.2) is 25.0 Å². The van der Waals surface area contributed by atoms with Gasteiger partial charge in [0.1, 0.15) is 11.8 Å². The van der Waals surface area contributed by atoms with Crippen LogP contribution in [0.2, 0.25) is 0 Å². The lowest BCUT2D eigenvalue weighted by molar-refractivity contribution is -0.116. The van der Waals surface area contributed by atoms with Gasteiger partial charge in [0.15, 0.2) is 0 Å². The number of benzene rings is 2. The molecule has 23 heavy (non-hydrogen) atoms. The molecule has 4 N–H and O–H groups in total. The summed E-state index contributed by atoms with van der Waals surface area (Å²) in [6.45, 7) is 1.75. The Morgan fingerprint density at radius 1 is 1.09 bits per heavy atom. The molecule has 0 unspecified atom stereocenters. The van der Waals surface area contributed by atoms with E-state index in [4.69, 9.17) is 10.5 Å². The number of primary amides is 1. The van der Waals surface area contributed by atoms with E-state index in [0.29, 0.717) is 17.0 Å². The molecule has 0 aliphatic carbocycles. The number of carbonyl (C=O) groups is 2. The standard InChI is InChI=1S/C17H19N3O3/c1-11(19-14-5-3-4-6-15(14)23-2)17(22)20-13-9-7-12(8-10-13)16(18)21/h3-11,19H,1-2H3,(H2,18,21)(H,20,22)/t11-/m1/s1. The molecule has 6 heteroatoms. The van der Waals surface area contributed by atoms with Gasteiger partial charge in [-0.25, -0.2) is 0 Å². The quantitative estimate of drug-likeness (QED) is 0.762. The summed E-state index contributed by atoms with van der Waals surface area (Å²) in [6, 6.07) is 13.3. The summed E-state index contributed by atoms with van der Waals surface area (Å²) in [5.41, 5.74) is 6.90. The first-order chi connectivity index (χ1) is 11.0. The second-order valence-corrected chi connectivity index (χ2v) is 5.00. The number of nitrogens with two attached hydrogens (primary N) is 1. The van der Waals surface area contributed by atoms with E-state index >= 15 is 0 Å². The van der Waals surface area contributed by atoms with Gasteiger partial charge in [-0.3, -0.25) is 9.59 Å². The van der Waals surface area contributed by atoms with Crippen molar-refractivity contribution in [2.75, 3.05) is 17.7 Å². The van der Waals surface area contributed by atoms with Gasteiger partial charge in [0, 0.05) is 11.3 Å². The van der Waals surface area contributed by atoms with Crippen LogP contribution in [-0.2, 0) is 4.79 Å². The summed E-state index contributed by atoms with van der Waals surface area (Å²) in [7, 11) is 1.57. The van der Waals surface area contributed by atoms with E-state index in [-0.39, 0.29) is 5.91 Å². The molecule has 0 radical (unpaired) electrons. The van der Waals surface area contributed by atoms with E-state index in [1.165, 1.54) is 0 Å². The Morgan fingerprint density at radius 2 is 1.74 bits per heavy atom. The fraction of sp³-hybridized carbons (Fsp3) is 0.176. The molecule has 2 rings (SSSR count). The molecule has 0 aliphatic rings.